The van der Waals surface area contributed by atoms with E-state index < -0.39 is 5.97 Å². The minimum atomic E-state index is -0.449. The maximum absolute atomic E-state index is 12.9. The molecule has 0 spiro atoms. The highest BCUT2D eigenvalue weighted by atomic mass is 35.5. The molecule has 5 nitrogen and oxygen atoms in total. The lowest BCUT2D eigenvalue weighted by molar-refractivity contribution is 0.0599. The number of nitrogens with zero attached hydrogens (tertiary/aromatic N) is 1. The number of halogens is 1. The lowest BCUT2D eigenvalue weighted by Crippen LogP contribution is -2.16. The van der Waals surface area contributed by atoms with Gasteiger partial charge in [0.05, 0.1) is 23.8 Å². The summed E-state index contributed by atoms with van der Waals surface area (Å²) in [5.74, 6) is -0.769. The number of pyridine rings is 1. The summed E-state index contributed by atoms with van der Waals surface area (Å²) in [5.41, 5.74) is 3.54. The van der Waals surface area contributed by atoms with Crippen molar-refractivity contribution in [2.24, 2.45) is 0 Å². The number of para-hydroxylation sites is 1. The number of hydrogen-bond donors (Lipinski definition) is 1. The molecule has 0 saturated heterocycles. The highest BCUT2D eigenvalue weighted by molar-refractivity contribution is 6.30. The minimum absolute atomic E-state index is 0.241. The van der Waals surface area contributed by atoms with Gasteiger partial charge in [-0.2, -0.15) is 0 Å². The van der Waals surface area contributed by atoms with Gasteiger partial charge in [-0.05, 0) is 43.2 Å². The standard InChI is InChI=1S/C20H17ClN2O3.2C2H6/c1-11-8-9-13(20(25)26-3)12(2)18(11)23-19(24)15-10-17(21)22-16-7-5-4-6-14(15)16;2*1-2/h4-10H,1-3H3,(H,23,24);2*1-2H3. The zero-order chi connectivity index (χ0) is 22.8. The van der Waals surface area contributed by atoms with Gasteiger partial charge in [-0.15, -0.1) is 0 Å². The molecule has 0 radical (unpaired) electrons. The van der Waals surface area contributed by atoms with Crippen molar-refractivity contribution in [3.8, 4) is 0 Å². The van der Waals surface area contributed by atoms with Crippen LogP contribution >= 0.6 is 11.6 Å². The molecule has 1 N–H and O–H groups in total. The average Bonchev–Trinajstić information content (AvgIpc) is 2.78. The van der Waals surface area contributed by atoms with Gasteiger partial charge in [0.15, 0.2) is 0 Å². The first-order valence-electron chi connectivity index (χ1n) is 9.97. The van der Waals surface area contributed by atoms with Crippen LogP contribution in [0.5, 0.6) is 0 Å². The lowest BCUT2D eigenvalue weighted by Gasteiger charge is -2.15. The number of ether oxygens (including phenoxy) is 1. The summed E-state index contributed by atoms with van der Waals surface area (Å²) >= 11 is 6.07. The van der Waals surface area contributed by atoms with Crippen molar-refractivity contribution in [3.63, 3.8) is 0 Å². The summed E-state index contributed by atoms with van der Waals surface area (Å²) in [5, 5.41) is 3.84. The monoisotopic (exact) mass is 428 g/mol. The molecule has 0 bridgehead atoms. The highest BCUT2D eigenvalue weighted by Crippen LogP contribution is 2.27. The summed E-state index contributed by atoms with van der Waals surface area (Å²) < 4.78 is 4.80. The van der Waals surface area contributed by atoms with E-state index in [1.165, 1.54) is 13.2 Å². The van der Waals surface area contributed by atoms with Crippen LogP contribution < -0.4 is 5.32 Å². The van der Waals surface area contributed by atoms with Crippen LogP contribution in [0.15, 0.2) is 42.5 Å². The number of anilines is 1. The maximum Gasteiger partial charge on any atom is 0.338 e. The normalized spacial score (nSPS) is 9.60. The molecule has 1 heterocycles. The molecule has 0 aliphatic heterocycles. The molecule has 0 fully saturated rings. The average molecular weight is 429 g/mol. The van der Waals surface area contributed by atoms with E-state index in [0.717, 1.165) is 5.56 Å². The first kappa shape index (κ1) is 25.1. The highest BCUT2D eigenvalue weighted by Gasteiger charge is 2.18. The number of aromatic nitrogens is 1. The van der Waals surface area contributed by atoms with E-state index in [2.05, 4.69) is 10.3 Å². The van der Waals surface area contributed by atoms with Gasteiger partial charge in [0.1, 0.15) is 5.15 Å². The SMILES string of the molecule is CC.CC.COC(=O)c1ccc(C)c(NC(=O)c2cc(Cl)nc3ccccc23)c1C. The first-order valence-corrected chi connectivity index (χ1v) is 10.4. The molecule has 2 aromatic carbocycles. The Bertz CT molecular complexity index is 1030. The van der Waals surface area contributed by atoms with Crippen LogP contribution in [0.25, 0.3) is 10.9 Å². The van der Waals surface area contributed by atoms with Gasteiger partial charge < -0.3 is 10.1 Å². The number of nitrogens with one attached hydrogen (secondary N) is 1. The van der Waals surface area contributed by atoms with Crippen molar-refractivity contribution in [3.05, 3.63) is 69.9 Å². The van der Waals surface area contributed by atoms with Crippen molar-refractivity contribution in [2.75, 3.05) is 12.4 Å². The molecular weight excluding hydrogens is 400 g/mol. The molecule has 0 saturated carbocycles. The quantitative estimate of drug-likeness (QED) is 0.377. The van der Waals surface area contributed by atoms with Gasteiger partial charge in [0, 0.05) is 11.1 Å². The Kier molecular flexibility index (Phi) is 9.99. The number of benzene rings is 2. The minimum Gasteiger partial charge on any atom is -0.465 e. The molecular formula is C24H29ClN2O3. The lowest BCUT2D eigenvalue weighted by atomic mass is 10.0. The van der Waals surface area contributed by atoms with Gasteiger partial charge in [-0.3, -0.25) is 4.79 Å². The molecule has 0 unspecified atom stereocenters. The fourth-order valence-electron chi connectivity index (χ4n) is 2.88. The van der Waals surface area contributed by atoms with Crippen LogP contribution in [0.4, 0.5) is 5.69 Å². The third kappa shape index (κ3) is 5.57. The second-order valence-corrected chi connectivity index (χ2v) is 6.27. The molecule has 0 aliphatic rings. The number of carbonyl (C=O) groups excluding carboxylic acids is 2. The van der Waals surface area contributed by atoms with Crippen molar-refractivity contribution in [2.45, 2.75) is 41.5 Å². The second-order valence-electron chi connectivity index (χ2n) is 5.89. The number of amides is 1. The Morgan fingerprint density at radius 2 is 1.60 bits per heavy atom. The summed E-state index contributed by atoms with van der Waals surface area (Å²) in [6.45, 7) is 11.6. The Balaban J connectivity index is 0.00000106. The summed E-state index contributed by atoms with van der Waals surface area (Å²) in [7, 11) is 1.32. The first-order chi connectivity index (χ1) is 14.4. The molecule has 0 atom stereocenters. The number of aryl methyl sites for hydroxylation is 1. The van der Waals surface area contributed by atoms with Crippen LogP contribution in [0.1, 0.15) is 59.5 Å². The third-order valence-corrected chi connectivity index (χ3v) is 4.44. The van der Waals surface area contributed by atoms with E-state index in [1.807, 2.05) is 52.8 Å². The van der Waals surface area contributed by atoms with Gasteiger partial charge in [-0.25, -0.2) is 9.78 Å². The van der Waals surface area contributed by atoms with E-state index in [0.29, 0.717) is 33.3 Å². The predicted octanol–water partition coefficient (Wildman–Crippen LogP) is 6.60. The number of hydrogen-bond acceptors (Lipinski definition) is 4. The zero-order valence-corrected chi connectivity index (χ0v) is 19.3. The summed E-state index contributed by atoms with van der Waals surface area (Å²) in [6, 6.07) is 12.3. The molecule has 1 amide bonds. The molecule has 6 heteroatoms. The summed E-state index contributed by atoms with van der Waals surface area (Å²) in [4.78, 5) is 29.1. The molecule has 30 heavy (non-hydrogen) atoms. The third-order valence-electron chi connectivity index (χ3n) is 4.25. The zero-order valence-electron chi connectivity index (χ0n) is 18.6. The largest absolute Gasteiger partial charge is 0.465 e. The number of esters is 1. The van der Waals surface area contributed by atoms with Crippen molar-refractivity contribution < 1.29 is 14.3 Å². The Morgan fingerprint density at radius 3 is 2.23 bits per heavy atom. The maximum atomic E-state index is 12.9. The Hall–Kier alpha value is -2.92. The Labute approximate surface area is 183 Å². The topological polar surface area (TPSA) is 68.3 Å². The Morgan fingerprint density at radius 1 is 0.967 bits per heavy atom. The summed E-state index contributed by atoms with van der Waals surface area (Å²) in [6.07, 6.45) is 0. The van der Waals surface area contributed by atoms with Crippen molar-refractivity contribution in [1.82, 2.24) is 4.98 Å². The van der Waals surface area contributed by atoms with Crippen LogP contribution in [0, 0.1) is 13.8 Å². The van der Waals surface area contributed by atoms with E-state index in [-0.39, 0.29) is 11.1 Å². The fourth-order valence-corrected chi connectivity index (χ4v) is 3.08. The molecule has 160 valence electrons. The van der Waals surface area contributed by atoms with E-state index >= 15 is 0 Å². The fraction of sp³-hybridized carbons (Fsp3) is 0.292. The number of methoxy groups -OCH3 is 1. The molecule has 3 rings (SSSR count). The van der Waals surface area contributed by atoms with Crippen molar-refractivity contribution in [1.29, 1.82) is 0 Å². The molecule has 0 aliphatic carbocycles. The van der Waals surface area contributed by atoms with E-state index in [4.69, 9.17) is 16.3 Å². The smallest absolute Gasteiger partial charge is 0.338 e. The number of fused-ring (bicyclic) bond motifs is 1. The van der Waals surface area contributed by atoms with Crippen LogP contribution in [0.2, 0.25) is 5.15 Å². The predicted molar refractivity (Wildman–Crippen MR) is 125 cm³/mol. The number of carbonyl (C=O) groups is 2. The van der Waals surface area contributed by atoms with Crippen molar-refractivity contribution >= 4 is 40.1 Å². The van der Waals surface area contributed by atoms with Crippen LogP contribution in [-0.2, 0) is 4.74 Å². The number of rotatable bonds is 3. The van der Waals surface area contributed by atoms with Crippen LogP contribution in [0.3, 0.4) is 0 Å². The van der Waals surface area contributed by atoms with Gasteiger partial charge in [-0.1, -0.05) is 63.6 Å². The molecule has 3 aromatic rings. The second kappa shape index (κ2) is 11.9. The van der Waals surface area contributed by atoms with Gasteiger partial charge >= 0.3 is 5.97 Å². The van der Waals surface area contributed by atoms with E-state index in [1.54, 1.807) is 25.1 Å². The molecule has 1 aromatic heterocycles. The van der Waals surface area contributed by atoms with Crippen LogP contribution in [-0.4, -0.2) is 24.0 Å². The van der Waals surface area contributed by atoms with Gasteiger partial charge in [0.25, 0.3) is 5.91 Å². The van der Waals surface area contributed by atoms with E-state index in [9.17, 15) is 9.59 Å². The van der Waals surface area contributed by atoms with Gasteiger partial charge in [0.2, 0.25) is 0 Å².